The highest BCUT2D eigenvalue weighted by Crippen LogP contribution is 2.26. The van der Waals surface area contributed by atoms with Gasteiger partial charge in [0.25, 0.3) is 0 Å². The summed E-state index contributed by atoms with van der Waals surface area (Å²) in [4.78, 5) is 3.98. The van der Waals surface area contributed by atoms with Gasteiger partial charge >= 0.3 is 0 Å². The normalized spacial score (nSPS) is 15.2. The number of nitrogens with two attached hydrogens (primary N) is 1. The Kier molecular flexibility index (Phi) is 6.77. The summed E-state index contributed by atoms with van der Waals surface area (Å²) in [6.45, 7) is 3.28. The van der Waals surface area contributed by atoms with E-state index in [1.165, 1.54) is 18.3 Å². The number of hydrazone groups is 1. The van der Waals surface area contributed by atoms with Crippen molar-refractivity contribution in [1.82, 2.24) is 10.3 Å². The molecule has 0 bridgehead atoms. The molecule has 0 saturated carbocycles. The standard InChI is InChI=1S/C19H20ClF2N5S/c20-15-3-1-13(2-4-15)12-26-5-7-27(8-6-26)18-16(21)9-14(10-17(18)22)11-24-25-19(23)28/h1-4,9-11H,5-8,12H2,(H3,23,25,28). The van der Waals surface area contributed by atoms with Crippen LogP contribution in [0, 0.1) is 11.6 Å². The molecule has 3 rings (SSSR count). The average Bonchev–Trinajstić information content (AvgIpc) is 2.64. The Labute approximate surface area is 172 Å². The molecule has 28 heavy (non-hydrogen) atoms. The van der Waals surface area contributed by atoms with Crippen LogP contribution >= 0.6 is 23.8 Å². The summed E-state index contributed by atoms with van der Waals surface area (Å²) in [5, 5.41) is 4.40. The van der Waals surface area contributed by atoms with Gasteiger partial charge in [-0.15, -0.1) is 0 Å². The zero-order valence-electron chi connectivity index (χ0n) is 15.0. The van der Waals surface area contributed by atoms with Gasteiger partial charge in [-0.3, -0.25) is 10.3 Å². The van der Waals surface area contributed by atoms with Crippen molar-refractivity contribution in [2.45, 2.75) is 6.54 Å². The molecule has 2 aromatic carbocycles. The van der Waals surface area contributed by atoms with Crippen LogP contribution in [0.5, 0.6) is 0 Å². The molecule has 0 spiro atoms. The van der Waals surface area contributed by atoms with E-state index in [0.29, 0.717) is 31.2 Å². The molecule has 1 aliphatic heterocycles. The van der Waals surface area contributed by atoms with Gasteiger partial charge in [-0.2, -0.15) is 5.10 Å². The highest BCUT2D eigenvalue weighted by atomic mass is 35.5. The van der Waals surface area contributed by atoms with E-state index in [9.17, 15) is 8.78 Å². The summed E-state index contributed by atoms with van der Waals surface area (Å²) in [7, 11) is 0. The highest BCUT2D eigenvalue weighted by Gasteiger charge is 2.23. The number of piperazine rings is 1. The van der Waals surface area contributed by atoms with Gasteiger partial charge in [0.15, 0.2) is 5.11 Å². The molecule has 0 unspecified atom stereocenters. The molecule has 1 heterocycles. The molecule has 0 amide bonds. The summed E-state index contributed by atoms with van der Waals surface area (Å²) in [5.74, 6) is -1.24. The van der Waals surface area contributed by atoms with Gasteiger partial charge in [0.2, 0.25) is 0 Å². The molecule has 1 saturated heterocycles. The third-order valence-corrected chi connectivity index (χ3v) is 4.78. The predicted molar refractivity (Wildman–Crippen MR) is 113 cm³/mol. The highest BCUT2D eigenvalue weighted by molar-refractivity contribution is 7.80. The first-order valence-corrected chi connectivity index (χ1v) is 9.50. The Morgan fingerprint density at radius 3 is 2.32 bits per heavy atom. The summed E-state index contributed by atoms with van der Waals surface area (Å²) < 4.78 is 29.0. The third kappa shape index (κ3) is 5.37. The van der Waals surface area contributed by atoms with Crippen molar-refractivity contribution in [2.75, 3.05) is 31.1 Å². The third-order valence-electron chi connectivity index (χ3n) is 4.44. The Hall–Kier alpha value is -2.29. The molecule has 0 atom stereocenters. The fourth-order valence-corrected chi connectivity index (χ4v) is 3.29. The van der Waals surface area contributed by atoms with E-state index < -0.39 is 11.6 Å². The lowest BCUT2D eigenvalue weighted by atomic mass is 10.1. The second-order valence-corrected chi connectivity index (χ2v) is 7.33. The second kappa shape index (κ2) is 9.27. The lowest BCUT2D eigenvalue weighted by Crippen LogP contribution is -2.46. The Bertz CT molecular complexity index is 844. The zero-order valence-corrected chi connectivity index (χ0v) is 16.6. The van der Waals surface area contributed by atoms with Crippen molar-refractivity contribution in [1.29, 1.82) is 0 Å². The fraction of sp³-hybridized carbons (Fsp3) is 0.263. The molecule has 3 N–H and O–H groups in total. The summed E-state index contributed by atoms with van der Waals surface area (Å²) in [6.07, 6.45) is 1.26. The molecule has 2 aromatic rings. The molecule has 1 aliphatic rings. The van der Waals surface area contributed by atoms with Crippen LogP contribution in [0.1, 0.15) is 11.1 Å². The Morgan fingerprint density at radius 1 is 1.14 bits per heavy atom. The van der Waals surface area contributed by atoms with Crippen LogP contribution < -0.4 is 16.1 Å². The molecule has 148 valence electrons. The van der Waals surface area contributed by atoms with Crippen LogP contribution in [-0.2, 0) is 6.54 Å². The maximum absolute atomic E-state index is 14.5. The molecule has 5 nitrogen and oxygen atoms in total. The van der Waals surface area contributed by atoms with Gasteiger partial charge < -0.3 is 10.6 Å². The second-order valence-electron chi connectivity index (χ2n) is 6.46. The van der Waals surface area contributed by atoms with Crippen LogP contribution in [-0.4, -0.2) is 42.4 Å². The first-order chi connectivity index (χ1) is 13.4. The van der Waals surface area contributed by atoms with Gasteiger partial charge in [-0.25, -0.2) is 8.78 Å². The first-order valence-electron chi connectivity index (χ1n) is 8.71. The van der Waals surface area contributed by atoms with E-state index in [2.05, 4.69) is 27.6 Å². The van der Waals surface area contributed by atoms with E-state index in [1.54, 1.807) is 4.90 Å². The molecular formula is C19H20ClF2N5S. The number of nitrogens with zero attached hydrogens (tertiary/aromatic N) is 3. The molecular weight excluding hydrogens is 404 g/mol. The van der Waals surface area contributed by atoms with Crippen LogP contribution in [0.25, 0.3) is 0 Å². The monoisotopic (exact) mass is 423 g/mol. The first kappa shape index (κ1) is 20.4. The number of thiocarbonyl (C=S) groups is 1. The number of hydrogen-bond acceptors (Lipinski definition) is 4. The molecule has 0 aliphatic carbocycles. The van der Waals surface area contributed by atoms with E-state index in [0.717, 1.165) is 12.1 Å². The van der Waals surface area contributed by atoms with E-state index in [-0.39, 0.29) is 16.4 Å². The number of anilines is 1. The predicted octanol–water partition coefficient (Wildman–Crippen LogP) is 3.11. The fourth-order valence-electron chi connectivity index (χ4n) is 3.11. The van der Waals surface area contributed by atoms with Gasteiger partial charge in [0.1, 0.15) is 17.3 Å². The number of benzene rings is 2. The van der Waals surface area contributed by atoms with Crippen molar-refractivity contribution >= 4 is 40.8 Å². The minimum absolute atomic E-state index is 0.00871. The van der Waals surface area contributed by atoms with Gasteiger partial charge in [0.05, 0.1) is 6.21 Å². The quantitative estimate of drug-likeness (QED) is 0.439. The van der Waals surface area contributed by atoms with Gasteiger partial charge in [-0.05, 0) is 42.0 Å². The maximum atomic E-state index is 14.5. The number of halogens is 3. The number of nitrogens with one attached hydrogen (secondary N) is 1. The van der Waals surface area contributed by atoms with E-state index in [1.807, 2.05) is 24.3 Å². The maximum Gasteiger partial charge on any atom is 0.184 e. The number of rotatable bonds is 5. The van der Waals surface area contributed by atoms with Crippen molar-refractivity contribution in [3.63, 3.8) is 0 Å². The minimum Gasteiger partial charge on any atom is -0.375 e. The summed E-state index contributed by atoms with van der Waals surface area (Å²) >= 11 is 10.5. The lowest BCUT2D eigenvalue weighted by molar-refractivity contribution is 0.248. The van der Waals surface area contributed by atoms with Crippen LogP contribution in [0.2, 0.25) is 5.02 Å². The van der Waals surface area contributed by atoms with Crippen molar-refractivity contribution in [3.8, 4) is 0 Å². The molecule has 0 radical (unpaired) electrons. The lowest BCUT2D eigenvalue weighted by Gasteiger charge is -2.36. The molecule has 0 aromatic heterocycles. The van der Waals surface area contributed by atoms with E-state index in [4.69, 9.17) is 17.3 Å². The SMILES string of the molecule is NC(=S)NN=Cc1cc(F)c(N2CCN(Cc3ccc(Cl)cc3)CC2)c(F)c1. The van der Waals surface area contributed by atoms with Crippen molar-refractivity contribution in [2.24, 2.45) is 10.8 Å². The summed E-state index contributed by atoms with van der Waals surface area (Å²) in [5.41, 5.74) is 9.03. The zero-order chi connectivity index (χ0) is 20.1. The van der Waals surface area contributed by atoms with E-state index >= 15 is 0 Å². The minimum atomic E-state index is -0.622. The average molecular weight is 424 g/mol. The molecule has 1 fully saturated rings. The van der Waals surface area contributed by atoms with Crippen LogP contribution in [0.4, 0.5) is 14.5 Å². The van der Waals surface area contributed by atoms with Crippen molar-refractivity contribution < 1.29 is 8.78 Å². The topological polar surface area (TPSA) is 56.9 Å². The largest absolute Gasteiger partial charge is 0.375 e. The smallest absolute Gasteiger partial charge is 0.184 e. The summed E-state index contributed by atoms with van der Waals surface area (Å²) in [6, 6.07) is 10.2. The van der Waals surface area contributed by atoms with Gasteiger partial charge in [0, 0.05) is 43.3 Å². The van der Waals surface area contributed by atoms with Gasteiger partial charge in [-0.1, -0.05) is 23.7 Å². The number of hydrogen-bond donors (Lipinski definition) is 2. The van der Waals surface area contributed by atoms with Crippen LogP contribution in [0.3, 0.4) is 0 Å². The Balaban J connectivity index is 1.62. The van der Waals surface area contributed by atoms with Crippen molar-refractivity contribution in [3.05, 3.63) is 64.2 Å². The Morgan fingerprint density at radius 2 is 1.75 bits per heavy atom. The van der Waals surface area contributed by atoms with Crippen LogP contribution in [0.15, 0.2) is 41.5 Å². The molecule has 9 heteroatoms.